The van der Waals surface area contributed by atoms with E-state index in [0.29, 0.717) is 12.5 Å². The molecule has 1 atom stereocenters. The lowest BCUT2D eigenvalue weighted by molar-refractivity contribution is -0.109. The highest BCUT2D eigenvalue weighted by Gasteiger charge is 2.24. The molecule has 132 valence electrons. The molecule has 1 amide bonds. The zero-order chi connectivity index (χ0) is 17.9. The topological polar surface area (TPSA) is 83.6 Å². The molecule has 0 saturated heterocycles. The van der Waals surface area contributed by atoms with Crippen LogP contribution in [0.25, 0.3) is 21.9 Å². The van der Waals surface area contributed by atoms with Gasteiger partial charge in [0.2, 0.25) is 6.41 Å². The van der Waals surface area contributed by atoms with E-state index in [4.69, 9.17) is 0 Å². The molecule has 6 nitrogen and oxygen atoms in total. The minimum atomic E-state index is 0.185. The fourth-order valence-electron chi connectivity index (χ4n) is 3.48. The molecule has 3 heterocycles. The first-order valence-electron chi connectivity index (χ1n) is 8.73. The number of nitrogens with zero attached hydrogens (tertiary/aromatic N) is 3. The van der Waals surface area contributed by atoms with Crippen molar-refractivity contribution < 1.29 is 4.79 Å². The third-order valence-electron chi connectivity index (χ3n) is 4.42. The lowest BCUT2D eigenvalue weighted by Gasteiger charge is -2.26. The van der Waals surface area contributed by atoms with Crippen LogP contribution in [0.1, 0.15) is 51.6 Å². The van der Waals surface area contributed by atoms with E-state index in [0.717, 1.165) is 53.3 Å². The zero-order valence-corrected chi connectivity index (χ0v) is 15.0. The summed E-state index contributed by atoms with van der Waals surface area (Å²) in [5.74, 6) is 0.305. The average Bonchev–Trinajstić information content (AvgIpc) is 3.05. The van der Waals surface area contributed by atoms with E-state index in [1.807, 2.05) is 12.3 Å². The van der Waals surface area contributed by atoms with Gasteiger partial charge in [-0.05, 0) is 30.7 Å². The molecule has 3 aromatic heterocycles. The number of hydrogen-bond donors (Lipinski definition) is 2. The van der Waals surface area contributed by atoms with Gasteiger partial charge in [0.25, 0.3) is 0 Å². The quantitative estimate of drug-likeness (QED) is 0.509. The average molecular weight is 339 g/mol. The molecule has 0 radical (unpaired) electrons. The predicted octanol–water partition coefficient (Wildman–Crippen LogP) is 3.55. The number of carbonyl (C=O) groups is 1. The van der Waals surface area contributed by atoms with Gasteiger partial charge in [-0.25, -0.2) is 15.0 Å². The largest absolute Gasteiger partial charge is 0.359 e. The molecule has 3 aromatic rings. The van der Waals surface area contributed by atoms with Crippen molar-refractivity contribution in [1.29, 1.82) is 0 Å². The van der Waals surface area contributed by atoms with E-state index in [1.165, 1.54) is 0 Å². The Labute approximate surface area is 147 Å². The van der Waals surface area contributed by atoms with Crippen LogP contribution in [0.4, 0.5) is 0 Å². The van der Waals surface area contributed by atoms with Crippen molar-refractivity contribution >= 4 is 28.3 Å². The lowest BCUT2D eigenvalue weighted by Crippen LogP contribution is -2.17. The number of carbonyl (C=O) groups excluding carboxylic acids is 1. The summed E-state index contributed by atoms with van der Waals surface area (Å²) in [5, 5.41) is 4.91. The molecule has 0 aromatic carbocycles. The molecular formula is C19H25N5O. The Bertz CT molecular complexity index is 865. The van der Waals surface area contributed by atoms with E-state index < -0.39 is 0 Å². The molecule has 3 rings (SSSR count). The Kier molecular flexibility index (Phi) is 4.97. The van der Waals surface area contributed by atoms with Gasteiger partial charge in [0.05, 0.1) is 17.4 Å². The van der Waals surface area contributed by atoms with Gasteiger partial charge >= 0.3 is 0 Å². The molecule has 0 aliphatic carbocycles. The normalized spacial score (nSPS) is 13.2. The Morgan fingerprint density at radius 3 is 2.88 bits per heavy atom. The smallest absolute Gasteiger partial charge is 0.207 e. The molecule has 25 heavy (non-hydrogen) atoms. The van der Waals surface area contributed by atoms with Gasteiger partial charge < -0.3 is 10.3 Å². The second-order valence-electron chi connectivity index (χ2n) is 7.69. The minimum absolute atomic E-state index is 0.185. The van der Waals surface area contributed by atoms with Crippen LogP contribution in [0.5, 0.6) is 0 Å². The van der Waals surface area contributed by atoms with Crippen molar-refractivity contribution in [2.24, 2.45) is 5.41 Å². The van der Waals surface area contributed by atoms with Crippen LogP contribution in [0, 0.1) is 5.41 Å². The zero-order valence-electron chi connectivity index (χ0n) is 15.0. The van der Waals surface area contributed by atoms with Crippen molar-refractivity contribution in [2.75, 3.05) is 6.54 Å². The third kappa shape index (κ3) is 3.95. The van der Waals surface area contributed by atoms with Crippen LogP contribution in [-0.2, 0) is 4.79 Å². The number of hydrogen-bond acceptors (Lipinski definition) is 4. The molecule has 1 unspecified atom stereocenters. The summed E-state index contributed by atoms with van der Waals surface area (Å²) in [5.41, 5.74) is 3.00. The van der Waals surface area contributed by atoms with Crippen LogP contribution < -0.4 is 5.32 Å². The van der Waals surface area contributed by atoms with Crippen molar-refractivity contribution in [2.45, 2.75) is 46.0 Å². The van der Waals surface area contributed by atoms with E-state index >= 15 is 0 Å². The van der Waals surface area contributed by atoms with Gasteiger partial charge in [0, 0.05) is 29.4 Å². The molecular weight excluding hydrogens is 314 g/mol. The summed E-state index contributed by atoms with van der Waals surface area (Å²) >= 11 is 0. The highest BCUT2D eigenvalue weighted by Crippen LogP contribution is 2.37. The van der Waals surface area contributed by atoms with Crippen LogP contribution >= 0.6 is 0 Å². The van der Waals surface area contributed by atoms with Crippen LogP contribution in [-0.4, -0.2) is 32.9 Å². The van der Waals surface area contributed by atoms with Crippen molar-refractivity contribution in [3.05, 3.63) is 30.5 Å². The van der Waals surface area contributed by atoms with E-state index in [-0.39, 0.29) is 5.41 Å². The molecule has 2 N–H and O–H groups in total. The molecule has 0 fully saturated rings. The monoisotopic (exact) mass is 339 g/mol. The van der Waals surface area contributed by atoms with Crippen LogP contribution in [0.15, 0.2) is 24.8 Å². The minimum Gasteiger partial charge on any atom is -0.359 e. The first kappa shape index (κ1) is 17.3. The van der Waals surface area contributed by atoms with E-state index in [2.05, 4.69) is 46.0 Å². The van der Waals surface area contributed by atoms with Crippen molar-refractivity contribution in [1.82, 2.24) is 25.3 Å². The summed E-state index contributed by atoms with van der Waals surface area (Å²) in [6.45, 7) is 7.44. The highest BCUT2D eigenvalue weighted by atomic mass is 16.1. The number of H-pyrrole nitrogens is 1. The lowest BCUT2D eigenvalue weighted by atomic mass is 9.80. The molecule has 0 spiro atoms. The van der Waals surface area contributed by atoms with Gasteiger partial charge in [-0.3, -0.25) is 4.79 Å². The Balaban J connectivity index is 2.04. The maximum atomic E-state index is 10.5. The van der Waals surface area contributed by atoms with Gasteiger partial charge in [0.15, 0.2) is 0 Å². The molecule has 0 aliphatic heterocycles. The summed E-state index contributed by atoms with van der Waals surface area (Å²) in [4.78, 5) is 27.2. The number of rotatable bonds is 7. The van der Waals surface area contributed by atoms with Gasteiger partial charge in [-0.2, -0.15) is 0 Å². The SMILES string of the molecule is CC(C)(C)CC(CCCNC=O)c1ncnc2cnc3[nH]ccc3c12. The molecule has 6 heteroatoms. The summed E-state index contributed by atoms with van der Waals surface area (Å²) < 4.78 is 0. The number of fused-ring (bicyclic) bond motifs is 3. The number of nitrogens with one attached hydrogen (secondary N) is 2. The van der Waals surface area contributed by atoms with Gasteiger partial charge in [0.1, 0.15) is 12.0 Å². The van der Waals surface area contributed by atoms with Gasteiger partial charge in [-0.1, -0.05) is 20.8 Å². The molecule has 0 saturated carbocycles. The van der Waals surface area contributed by atoms with E-state index in [1.54, 1.807) is 12.5 Å². The second kappa shape index (κ2) is 7.17. The Morgan fingerprint density at radius 2 is 2.12 bits per heavy atom. The van der Waals surface area contributed by atoms with Gasteiger partial charge in [-0.15, -0.1) is 0 Å². The Hall–Kier alpha value is -2.50. The molecule has 0 bridgehead atoms. The van der Waals surface area contributed by atoms with Crippen LogP contribution in [0.3, 0.4) is 0 Å². The third-order valence-corrected chi connectivity index (χ3v) is 4.42. The second-order valence-corrected chi connectivity index (χ2v) is 7.69. The van der Waals surface area contributed by atoms with Crippen molar-refractivity contribution in [3.8, 4) is 0 Å². The standard InChI is InChI=1S/C19H25N5O/c1-19(2,3)9-13(5-4-7-20-12-25)17-16-14-6-8-21-18(14)22-10-15(16)23-11-24-17/h6,8,10-13H,4-5,7,9H2,1-3H3,(H,20,25)(H,21,22). The maximum Gasteiger partial charge on any atom is 0.207 e. The number of amides is 1. The maximum absolute atomic E-state index is 10.5. The van der Waals surface area contributed by atoms with Crippen molar-refractivity contribution in [3.63, 3.8) is 0 Å². The van der Waals surface area contributed by atoms with Crippen LogP contribution in [0.2, 0.25) is 0 Å². The number of pyridine rings is 1. The van der Waals surface area contributed by atoms with E-state index in [9.17, 15) is 4.79 Å². The number of aromatic amines is 1. The first-order valence-corrected chi connectivity index (χ1v) is 8.73. The molecule has 0 aliphatic rings. The summed E-state index contributed by atoms with van der Waals surface area (Å²) in [7, 11) is 0. The number of aromatic nitrogens is 4. The summed E-state index contributed by atoms with van der Waals surface area (Å²) in [6.07, 6.45) is 9.02. The first-order chi connectivity index (χ1) is 12.0. The fourth-order valence-corrected chi connectivity index (χ4v) is 3.48. The fraction of sp³-hybridized carbons (Fsp3) is 0.474. The predicted molar refractivity (Wildman–Crippen MR) is 99.3 cm³/mol. The summed E-state index contributed by atoms with van der Waals surface area (Å²) in [6, 6.07) is 2.04. The Morgan fingerprint density at radius 1 is 1.28 bits per heavy atom. The highest BCUT2D eigenvalue weighted by molar-refractivity contribution is 6.04.